The summed E-state index contributed by atoms with van der Waals surface area (Å²) in [5, 5.41) is 22.7. The Morgan fingerprint density at radius 1 is 1.15 bits per heavy atom. The van der Waals surface area contributed by atoms with Gasteiger partial charge in [0.05, 0.1) is 16.8 Å². The number of nitrogens with zero attached hydrogens (tertiary/aromatic N) is 3. The molecule has 1 aromatic carbocycles. The van der Waals surface area contributed by atoms with Crippen LogP contribution in [0.2, 0.25) is 0 Å². The van der Waals surface area contributed by atoms with E-state index in [0.717, 1.165) is 11.3 Å². The molecule has 0 atom stereocenters. The van der Waals surface area contributed by atoms with Gasteiger partial charge in [0.15, 0.2) is 0 Å². The molecule has 0 saturated carbocycles. The SMILES string of the molecule is O=S(=O)(N=N/C=C1\C=CC=CN1O)c1ccc(O)cc1. The lowest BCUT2D eigenvalue weighted by molar-refractivity contribution is -0.000512. The molecular weight excluding hydrogens is 282 g/mol. The second-order valence-corrected chi connectivity index (χ2v) is 5.35. The first-order valence-corrected chi connectivity index (χ1v) is 6.92. The van der Waals surface area contributed by atoms with Crippen molar-refractivity contribution in [2.45, 2.75) is 4.90 Å². The van der Waals surface area contributed by atoms with Gasteiger partial charge in [-0.2, -0.15) is 8.42 Å². The van der Waals surface area contributed by atoms with Crippen molar-refractivity contribution in [1.29, 1.82) is 0 Å². The molecular formula is C12H11N3O4S. The van der Waals surface area contributed by atoms with Crippen LogP contribution in [0.5, 0.6) is 5.75 Å². The van der Waals surface area contributed by atoms with E-state index in [9.17, 15) is 13.6 Å². The summed E-state index contributed by atoms with van der Waals surface area (Å²) in [7, 11) is -3.93. The summed E-state index contributed by atoms with van der Waals surface area (Å²) in [5.41, 5.74) is 0.275. The van der Waals surface area contributed by atoms with Crippen molar-refractivity contribution in [3.63, 3.8) is 0 Å². The second-order valence-electron chi connectivity index (χ2n) is 3.77. The van der Waals surface area contributed by atoms with E-state index < -0.39 is 10.0 Å². The maximum absolute atomic E-state index is 11.8. The predicted molar refractivity (Wildman–Crippen MR) is 70.1 cm³/mol. The Bertz CT molecular complexity index is 703. The fraction of sp³-hybridized carbons (Fsp3) is 0. The van der Waals surface area contributed by atoms with Crippen molar-refractivity contribution in [2.75, 3.05) is 0 Å². The van der Waals surface area contributed by atoms with Crippen LogP contribution in [0.4, 0.5) is 0 Å². The first kappa shape index (κ1) is 14.0. The van der Waals surface area contributed by atoms with E-state index in [1.54, 1.807) is 12.2 Å². The molecule has 20 heavy (non-hydrogen) atoms. The zero-order valence-electron chi connectivity index (χ0n) is 10.2. The number of phenols is 1. The van der Waals surface area contributed by atoms with Crippen LogP contribution >= 0.6 is 0 Å². The third-order valence-electron chi connectivity index (χ3n) is 2.35. The first-order valence-electron chi connectivity index (χ1n) is 5.48. The molecule has 0 saturated heterocycles. The van der Waals surface area contributed by atoms with Gasteiger partial charge in [-0.1, -0.05) is 10.6 Å². The molecule has 7 nitrogen and oxygen atoms in total. The molecule has 1 aliphatic heterocycles. The lowest BCUT2D eigenvalue weighted by Crippen LogP contribution is -2.10. The first-order chi connectivity index (χ1) is 9.49. The van der Waals surface area contributed by atoms with Crippen LogP contribution < -0.4 is 0 Å². The predicted octanol–water partition coefficient (Wildman–Crippen LogP) is 2.15. The topological polar surface area (TPSA) is 103 Å². The van der Waals surface area contributed by atoms with E-state index in [4.69, 9.17) is 5.11 Å². The Kier molecular flexibility index (Phi) is 3.97. The second kappa shape index (κ2) is 5.68. The minimum Gasteiger partial charge on any atom is -0.508 e. The van der Waals surface area contributed by atoms with Gasteiger partial charge in [-0.05, 0) is 36.4 Å². The van der Waals surface area contributed by atoms with Crippen molar-refractivity contribution in [3.8, 4) is 5.75 Å². The van der Waals surface area contributed by atoms with Crippen LogP contribution in [0, 0.1) is 0 Å². The molecule has 0 amide bonds. The number of hydrogen-bond acceptors (Lipinski definition) is 6. The molecule has 0 radical (unpaired) electrons. The Balaban J connectivity index is 2.18. The van der Waals surface area contributed by atoms with Gasteiger partial charge in [0.2, 0.25) is 0 Å². The number of allylic oxidation sites excluding steroid dienone is 3. The van der Waals surface area contributed by atoms with Gasteiger partial charge in [0.25, 0.3) is 10.0 Å². The molecule has 1 aliphatic rings. The molecule has 0 spiro atoms. The van der Waals surface area contributed by atoms with Gasteiger partial charge in [0.1, 0.15) is 5.75 Å². The van der Waals surface area contributed by atoms with Crippen LogP contribution in [-0.2, 0) is 10.0 Å². The largest absolute Gasteiger partial charge is 0.508 e. The standard InChI is InChI=1S/C12H11N3O4S/c16-11-4-6-12(7-5-11)20(18,19)14-13-9-10-3-1-2-8-15(10)17/h1-9,16-17H/b10-9+,14-13?. The third kappa shape index (κ3) is 3.31. The zero-order valence-corrected chi connectivity index (χ0v) is 11.0. The van der Waals surface area contributed by atoms with Gasteiger partial charge in [0, 0.05) is 6.20 Å². The number of hydrogen-bond donors (Lipinski definition) is 2. The van der Waals surface area contributed by atoms with Gasteiger partial charge < -0.3 is 5.11 Å². The summed E-state index contributed by atoms with van der Waals surface area (Å²) in [6, 6.07) is 4.92. The summed E-state index contributed by atoms with van der Waals surface area (Å²) in [4.78, 5) is -0.0858. The summed E-state index contributed by atoms with van der Waals surface area (Å²) >= 11 is 0. The van der Waals surface area contributed by atoms with E-state index in [2.05, 4.69) is 9.63 Å². The average Bonchev–Trinajstić information content (AvgIpc) is 2.41. The van der Waals surface area contributed by atoms with E-state index >= 15 is 0 Å². The molecule has 0 aromatic heterocycles. The highest BCUT2D eigenvalue weighted by Gasteiger charge is 2.12. The molecule has 8 heteroatoms. The smallest absolute Gasteiger partial charge is 0.299 e. The Morgan fingerprint density at radius 3 is 2.50 bits per heavy atom. The van der Waals surface area contributed by atoms with Crippen LogP contribution in [0.15, 0.2) is 75.1 Å². The van der Waals surface area contributed by atoms with Crippen molar-refractivity contribution >= 4 is 10.0 Å². The summed E-state index contributed by atoms with van der Waals surface area (Å²) < 4.78 is 26.8. The Labute approximate surface area is 115 Å². The molecule has 1 aromatic rings. The molecule has 2 N–H and O–H groups in total. The molecule has 104 valence electrons. The number of hydroxylamine groups is 2. The molecule has 0 aliphatic carbocycles. The van der Waals surface area contributed by atoms with Crippen LogP contribution in [0.3, 0.4) is 0 Å². The highest BCUT2D eigenvalue weighted by molar-refractivity contribution is 7.90. The van der Waals surface area contributed by atoms with Crippen LogP contribution in [-0.4, -0.2) is 23.8 Å². The minimum absolute atomic E-state index is 0.0435. The summed E-state index contributed by atoms with van der Waals surface area (Å²) in [6.07, 6.45) is 7.27. The quantitative estimate of drug-likeness (QED) is 0.831. The minimum atomic E-state index is -3.93. The number of sulfonamides is 1. The maximum Gasteiger partial charge on any atom is 0.299 e. The van der Waals surface area contributed by atoms with E-state index in [1.807, 2.05) is 0 Å². The molecule has 1 heterocycles. The van der Waals surface area contributed by atoms with Crippen molar-refractivity contribution in [1.82, 2.24) is 5.06 Å². The number of rotatable bonds is 3. The van der Waals surface area contributed by atoms with E-state index in [-0.39, 0.29) is 16.3 Å². The van der Waals surface area contributed by atoms with Gasteiger partial charge in [-0.3, -0.25) is 5.21 Å². The number of benzene rings is 1. The van der Waals surface area contributed by atoms with Gasteiger partial charge in [-0.25, -0.2) is 5.06 Å². The van der Waals surface area contributed by atoms with Gasteiger partial charge >= 0.3 is 0 Å². The van der Waals surface area contributed by atoms with Crippen molar-refractivity contribution < 1.29 is 18.7 Å². The van der Waals surface area contributed by atoms with Crippen LogP contribution in [0.25, 0.3) is 0 Å². The Hall–Kier alpha value is -2.45. The number of phenolic OH excluding ortho intramolecular Hbond substituents is 1. The monoisotopic (exact) mass is 293 g/mol. The van der Waals surface area contributed by atoms with Crippen molar-refractivity contribution in [2.24, 2.45) is 9.63 Å². The highest BCUT2D eigenvalue weighted by Crippen LogP contribution is 2.17. The lowest BCUT2D eigenvalue weighted by Gasteiger charge is -2.13. The fourth-order valence-corrected chi connectivity index (χ4v) is 2.11. The molecule has 0 bridgehead atoms. The van der Waals surface area contributed by atoms with Crippen molar-refractivity contribution in [3.05, 3.63) is 60.6 Å². The van der Waals surface area contributed by atoms with E-state index in [1.165, 1.54) is 36.5 Å². The van der Waals surface area contributed by atoms with E-state index in [0.29, 0.717) is 0 Å². The molecule has 0 fully saturated rings. The lowest BCUT2D eigenvalue weighted by atomic mass is 10.3. The number of aromatic hydroxyl groups is 1. The summed E-state index contributed by atoms with van der Waals surface area (Å²) in [6.45, 7) is 0. The summed E-state index contributed by atoms with van der Waals surface area (Å²) in [5.74, 6) is -0.0435. The average molecular weight is 293 g/mol. The Morgan fingerprint density at radius 2 is 1.85 bits per heavy atom. The van der Waals surface area contributed by atoms with Gasteiger partial charge in [-0.15, -0.1) is 5.11 Å². The molecule has 0 unspecified atom stereocenters. The highest BCUT2D eigenvalue weighted by atomic mass is 32.2. The maximum atomic E-state index is 11.8. The fourth-order valence-electron chi connectivity index (χ4n) is 1.36. The third-order valence-corrected chi connectivity index (χ3v) is 3.53. The molecule has 2 rings (SSSR count). The zero-order chi connectivity index (χ0) is 14.6. The van der Waals surface area contributed by atoms with Crippen LogP contribution in [0.1, 0.15) is 0 Å². The normalized spacial score (nSPS) is 17.2.